The van der Waals surface area contributed by atoms with Crippen LogP contribution in [0.1, 0.15) is 5.56 Å². The molecule has 3 aromatic rings. The molecule has 1 fully saturated rings. The van der Waals surface area contributed by atoms with Crippen LogP contribution in [0.25, 0.3) is 6.08 Å². The van der Waals surface area contributed by atoms with Crippen molar-refractivity contribution in [1.29, 1.82) is 0 Å². The standard InChI is InChI=1S/C23H18N2O2S/c1-27-20-14-12-18(13-15-20)24-23-25(19-10-6-3-7-11-19)22(26)21(28-23)16-17-8-4-2-5-9-17/h2-16H,1H3/b21-16+,24-23?. The zero-order chi connectivity index (χ0) is 19.3. The lowest BCUT2D eigenvalue weighted by atomic mass is 10.2. The van der Waals surface area contributed by atoms with E-state index in [0.29, 0.717) is 10.1 Å². The SMILES string of the molecule is COc1ccc(N=C2S/C(=C/c3ccccc3)C(=O)N2c2ccccc2)cc1. The maximum Gasteiger partial charge on any atom is 0.271 e. The topological polar surface area (TPSA) is 41.9 Å². The number of methoxy groups -OCH3 is 1. The Balaban J connectivity index is 1.74. The average Bonchev–Trinajstić information content (AvgIpc) is 3.04. The molecule has 0 spiro atoms. The third kappa shape index (κ3) is 3.85. The van der Waals surface area contributed by atoms with Gasteiger partial charge in [0.1, 0.15) is 5.75 Å². The molecule has 1 aliphatic heterocycles. The van der Waals surface area contributed by atoms with Gasteiger partial charge in [0.2, 0.25) is 0 Å². The number of amides is 1. The monoisotopic (exact) mass is 386 g/mol. The van der Waals surface area contributed by atoms with Gasteiger partial charge in [-0.25, -0.2) is 4.99 Å². The van der Waals surface area contributed by atoms with Gasteiger partial charge in [0.05, 0.1) is 23.4 Å². The molecule has 0 aromatic heterocycles. The lowest BCUT2D eigenvalue weighted by molar-refractivity contribution is -0.113. The molecule has 4 nitrogen and oxygen atoms in total. The summed E-state index contributed by atoms with van der Waals surface area (Å²) in [4.78, 5) is 20.2. The summed E-state index contributed by atoms with van der Waals surface area (Å²) in [5, 5.41) is 0.628. The van der Waals surface area contributed by atoms with Crippen molar-refractivity contribution in [1.82, 2.24) is 0 Å². The van der Waals surface area contributed by atoms with E-state index in [4.69, 9.17) is 9.73 Å². The molecule has 0 unspecified atom stereocenters. The Morgan fingerprint density at radius 3 is 2.18 bits per heavy atom. The Morgan fingerprint density at radius 2 is 1.54 bits per heavy atom. The molecule has 28 heavy (non-hydrogen) atoms. The number of ether oxygens (including phenoxy) is 1. The number of thioether (sulfide) groups is 1. The Bertz CT molecular complexity index is 1030. The van der Waals surface area contributed by atoms with Crippen LogP contribution in [-0.4, -0.2) is 18.2 Å². The van der Waals surface area contributed by atoms with Gasteiger partial charge in [0.15, 0.2) is 5.17 Å². The first-order valence-corrected chi connectivity index (χ1v) is 9.63. The smallest absolute Gasteiger partial charge is 0.271 e. The number of rotatable bonds is 4. The quantitative estimate of drug-likeness (QED) is 0.556. The second-order valence-corrected chi connectivity index (χ2v) is 7.10. The summed E-state index contributed by atoms with van der Waals surface area (Å²) in [7, 11) is 1.63. The molecule has 3 aromatic carbocycles. The highest BCUT2D eigenvalue weighted by atomic mass is 32.2. The van der Waals surface area contributed by atoms with Crippen LogP contribution in [0.15, 0.2) is 94.8 Å². The number of hydrogen-bond donors (Lipinski definition) is 0. The zero-order valence-electron chi connectivity index (χ0n) is 15.3. The third-order valence-corrected chi connectivity index (χ3v) is 5.18. The molecule has 1 aliphatic rings. The van der Waals surface area contributed by atoms with Gasteiger partial charge in [-0.3, -0.25) is 9.69 Å². The van der Waals surface area contributed by atoms with Crippen molar-refractivity contribution in [3.05, 3.63) is 95.4 Å². The molecule has 138 valence electrons. The fraction of sp³-hybridized carbons (Fsp3) is 0.0435. The summed E-state index contributed by atoms with van der Waals surface area (Å²) in [5.74, 6) is 0.691. The fourth-order valence-corrected chi connectivity index (χ4v) is 3.82. The van der Waals surface area contributed by atoms with E-state index in [1.54, 1.807) is 12.0 Å². The molecule has 1 saturated heterocycles. The van der Waals surface area contributed by atoms with E-state index in [1.807, 2.05) is 91.0 Å². The summed E-state index contributed by atoms with van der Waals surface area (Å²) in [6.45, 7) is 0. The average molecular weight is 386 g/mol. The van der Waals surface area contributed by atoms with E-state index in [1.165, 1.54) is 11.8 Å². The number of nitrogens with zero attached hydrogens (tertiary/aromatic N) is 2. The first kappa shape index (κ1) is 18.1. The normalized spacial score (nSPS) is 16.8. The Hall–Kier alpha value is -3.31. The molecular weight excluding hydrogens is 368 g/mol. The summed E-state index contributed by atoms with van der Waals surface area (Å²) in [6, 6.07) is 26.9. The van der Waals surface area contributed by atoms with Crippen LogP contribution in [0, 0.1) is 0 Å². The van der Waals surface area contributed by atoms with Gasteiger partial charge in [-0.2, -0.15) is 0 Å². The Labute approximate surface area is 168 Å². The van der Waals surface area contributed by atoms with Crippen LogP contribution in [0.3, 0.4) is 0 Å². The molecule has 0 N–H and O–H groups in total. The van der Waals surface area contributed by atoms with Gasteiger partial charge in [-0.05, 0) is 59.8 Å². The number of anilines is 1. The van der Waals surface area contributed by atoms with E-state index in [0.717, 1.165) is 22.7 Å². The molecule has 5 heteroatoms. The first-order chi connectivity index (χ1) is 13.7. The van der Waals surface area contributed by atoms with Crippen molar-refractivity contribution >= 4 is 40.3 Å². The molecule has 1 amide bonds. The van der Waals surface area contributed by atoms with Crippen molar-refractivity contribution in [2.24, 2.45) is 4.99 Å². The van der Waals surface area contributed by atoms with Gasteiger partial charge < -0.3 is 4.74 Å². The van der Waals surface area contributed by atoms with E-state index in [9.17, 15) is 4.79 Å². The van der Waals surface area contributed by atoms with E-state index in [-0.39, 0.29) is 5.91 Å². The molecule has 0 aliphatic carbocycles. The summed E-state index contributed by atoms with van der Waals surface area (Å²) < 4.78 is 5.20. The molecule has 1 heterocycles. The van der Waals surface area contributed by atoms with E-state index >= 15 is 0 Å². The second-order valence-electron chi connectivity index (χ2n) is 6.09. The largest absolute Gasteiger partial charge is 0.497 e. The predicted molar refractivity (Wildman–Crippen MR) is 116 cm³/mol. The highest BCUT2D eigenvalue weighted by Crippen LogP contribution is 2.37. The van der Waals surface area contributed by atoms with Crippen LogP contribution < -0.4 is 9.64 Å². The lowest BCUT2D eigenvalue weighted by Crippen LogP contribution is -2.28. The maximum atomic E-state index is 13.1. The lowest BCUT2D eigenvalue weighted by Gasteiger charge is -2.15. The summed E-state index contributed by atoms with van der Waals surface area (Å²) >= 11 is 1.38. The van der Waals surface area contributed by atoms with Crippen LogP contribution in [0.4, 0.5) is 11.4 Å². The van der Waals surface area contributed by atoms with Crippen LogP contribution in [-0.2, 0) is 4.79 Å². The Kier molecular flexibility index (Phi) is 5.26. The third-order valence-electron chi connectivity index (χ3n) is 4.22. The van der Waals surface area contributed by atoms with Crippen LogP contribution in [0.5, 0.6) is 5.75 Å². The van der Waals surface area contributed by atoms with Crippen molar-refractivity contribution in [3.63, 3.8) is 0 Å². The van der Waals surface area contributed by atoms with Crippen molar-refractivity contribution < 1.29 is 9.53 Å². The molecular formula is C23H18N2O2S. The van der Waals surface area contributed by atoms with Gasteiger partial charge in [-0.15, -0.1) is 0 Å². The van der Waals surface area contributed by atoms with Crippen LogP contribution >= 0.6 is 11.8 Å². The highest BCUT2D eigenvalue weighted by molar-refractivity contribution is 8.19. The van der Waals surface area contributed by atoms with Crippen LogP contribution in [0.2, 0.25) is 0 Å². The molecule has 0 radical (unpaired) electrons. The number of amidine groups is 1. The maximum absolute atomic E-state index is 13.1. The molecule has 0 bridgehead atoms. The van der Waals surface area contributed by atoms with Crippen molar-refractivity contribution in [2.45, 2.75) is 0 Å². The minimum atomic E-state index is -0.0766. The molecule has 0 saturated carbocycles. The predicted octanol–water partition coefficient (Wildman–Crippen LogP) is 5.50. The number of carbonyl (C=O) groups excluding carboxylic acids is 1. The van der Waals surface area contributed by atoms with Gasteiger partial charge in [0.25, 0.3) is 5.91 Å². The zero-order valence-corrected chi connectivity index (χ0v) is 16.1. The number of benzene rings is 3. The second kappa shape index (κ2) is 8.15. The van der Waals surface area contributed by atoms with Crippen molar-refractivity contribution in [3.8, 4) is 5.75 Å². The Morgan fingerprint density at radius 1 is 0.893 bits per heavy atom. The minimum absolute atomic E-state index is 0.0766. The first-order valence-electron chi connectivity index (χ1n) is 8.81. The fourth-order valence-electron chi connectivity index (χ4n) is 2.82. The highest BCUT2D eigenvalue weighted by Gasteiger charge is 2.34. The molecule has 4 rings (SSSR count). The number of para-hydroxylation sites is 1. The minimum Gasteiger partial charge on any atom is -0.497 e. The van der Waals surface area contributed by atoms with E-state index in [2.05, 4.69) is 0 Å². The van der Waals surface area contributed by atoms with E-state index < -0.39 is 0 Å². The summed E-state index contributed by atoms with van der Waals surface area (Å²) in [6.07, 6.45) is 1.90. The van der Waals surface area contributed by atoms with Crippen molar-refractivity contribution in [2.75, 3.05) is 12.0 Å². The van der Waals surface area contributed by atoms with Gasteiger partial charge in [-0.1, -0.05) is 48.5 Å². The summed E-state index contributed by atoms with van der Waals surface area (Å²) in [5.41, 5.74) is 2.54. The molecule has 0 atom stereocenters. The number of carbonyl (C=O) groups is 1. The number of hydrogen-bond acceptors (Lipinski definition) is 4. The van der Waals surface area contributed by atoms with Gasteiger partial charge in [0, 0.05) is 0 Å². The number of aliphatic imine (C=N–C) groups is 1. The van der Waals surface area contributed by atoms with Gasteiger partial charge >= 0.3 is 0 Å².